The van der Waals surface area contributed by atoms with Crippen LogP contribution < -0.4 is 0 Å². The van der Waals surface area contributed by atoms with E-state index in [-0.39, 0.29) is 11.9 Å². The Morgan fingerprint density at radius 1 is 1.38 bits per heavy atom. The van der Waals surface area contributed by atoms with Crippen molar-refractivity contribution in [1.82, 2.24) is 14.7 Å². The maximum atomic E-state index is 13.0. The molecule has 5 heteroatoms. The van der Waals surface area contributed by atoms with E-state index in [1.807, 2.05) is 60.0 Å². The summed E-state index contributed by atoms with van der Waals surface area (Å²) in [6.07, 6.45) is 5.44. The van der Waals surface area contributed by atoms with Crippen molar-refractivity contribution in [3.05, 3.63) is 53.9 Å². The largest absolute Gasteiger partial charge is 0.364 e. The average Bonchev–Trinajstić information content (AvgIpc) is 3.06. The molecule has 128 valence electrons. The third-order valence-electron chi connectivity index (χ3n) is 4.47. The minimum absolute atomic E-state index is 0.0524. The molecule has 1 fully saturated rings. The molecule has 1 aliphatic rings. The van der Waals surface area contributed by atoms with Crippen LogP contribution in [0, 0.1) is 6.92 Å². The van der Waals surface area contributed by atoms with Gasteiger partial charge in [0.2, 0.25) is 0 Å². The fraction of sp³-hybridized carbons (Fsp3) is 0.474. The molecule has 0 unspecified atom stereocenters. The first kappa shape index (κ1) is 16.7. The van der Waals surface area contributed by atoms with Crippen LogP contribution in [0.2, 0.25) is 0 Å². The van der Waals surface area contributed by atoms with E-state index in [1.165, 1.54) is 0 Å². The fourth-order valence-electron chi connectivity index (χ4n) is 3.27. The van der Waals surface area contributed by atoms with E-state index in [2.05, 4.69) is 11.3 Å². The fourth-order valence-corrected chi connectivity index (χ4v) is 3.27. The molecule has 0 aliphatic carbocycles. The van der Waals surface area contributed by atoms with Gasteiger partial charge in [-0.3, -0.25) is 9.48 Å². The van der Waals surface area contributed by atoms with Gasteiger partial charge in [0.15, 0.2) is 6.10 Å². The first-order valence-electron chi connectivity index (χ1n) is 8.65. The minimum Gasteiger partial charge on any atom is -0.364 e. The lowest BCUT2D eigenvalue weighted by atomic mass is 10.0. The lowest BCUT2D eigenvalue weighted by Crippen LogP contribution is -2.43. The van der Waals surface area contributed by atoms with Gasteiger partial charge in [-0.25, -0.2) is 0 Å². The molecular weight excluding hydrogens is 302 g/mol. The van der Waals surface area contributed by atoms with Gasteiger partial charge in [0.25, 0.3) is 5.91 Å². The number of piperidine rings is 1. The summed E-state index contributed by atoms with van der Waals surface area (Å²) in [4.78, 5) is 15.0. The van der Waals surface area contributed by atoms with Gasteiger partial charge in [-0.15, -0.1) is 0 Å². The maximum Gasteiger partial charge on any atom is 0.256 e. The number of aromatic nitrogens is 2. The summed E-state index contributed by atoms with van der Waals surface area (Å²) in [6, 6.07) is 10.00. The van der Waals surface area contributed by atoms with Crippen LogP contribution in [-0.4, -0.2) is 40.3 Å². The Morgan fingerprint density at radius 2 is 2.17 bits per heavy atom. The van der Waals surface area contributed by atoms with Crippen molar-refractivity contribution >= 4 is 5.91 Å². The second kappa shape index (κ2) is 7.62. The zero-order chi connectivity index (χ0) is 16.9. The van der Waals surface area contributed by atoms with Gasteiger partial charge in [-0.2, -0.15) is 5.10 Å². The second-order valence-corrected chi connectivity index (χ2v) is 6.32. The number of nitrogens with zero attached hydrogens (tertiary/aromatic N) is 3. The van der Waals surface area contributed by atoms with Crippen molar-refractivity contribution in [2.75, 3.05) is 19.7 Å². The highest BCUT2D eigenvalue weighted by atomic mass is 16.5. The zero-order valence-corrected chi connectivity index (χ0v) is 14.4. The van der Waals surface area contributed by atoms with Gasteiger partial charge in [0, 0.05) is 25.9 Å². The first-order valence-corrected chi connectivity index (χ1v) is 8.65. The summed E-state index contributed by atoms with van der Waals surface area (Å²) < 4.78 is 7.77. The van der Waals surface area contributed by atoms with Crippen LogP contribution in [0.4, 0.5) is 0 Å². The molecule has 24 heavy (non-hydrogen) atoms. The monoisotopic (exact) mass is 327 g/mol. The van der Waals surface area contributed by atoms with Crippen molar-refractivity contribution in [2.45, 2.75) is 38.8 Å². The number of carbonyl (C=O) groups is 1. The molecule has 0 bridgehead atoms. The van der Waals surface area contributed by atoms with Crippen LogP contribution in [-0.2, 0) is 9.53 Å². The lowest BCUT2D eigenvalue weighted by molar-refractivity contribution is -0.145. The van der Waals surface area contributed by atoms with Gasteiger partial charge in [0.1, 0.15) is 0 Å². The summed E-state index contributed by atoms with van der Waals surface area (Å²) in [5.74, 6) is 0.0524. The number of hydrogen-bond acceptors (Lipinski definition) is 3. The minimum atomic E-state index is -0.519. The average molecular weight is 327 g/mol. The highest BCUT2D eigenvalue weighted by Crippen LogP contribution is 2.26. The number of aryl methyl sites for hydroxylation is 1. The molecule has 2 atom stereocenters. The molecule has 1 aromatic heterocycles. The Bertz CT molecular complexity index is 668. The molecule has 0 N–H and O–H groups in total. The van der Waals surface area contributed by atoms with Gasteiger partial charge < -0.3 is 9.64 Å². The summed E-state index contributed by atoms with van der Waals surface area (Å²) in [5.41, 5.74) is 2.07. The molecule has 1 aromatic carbocycles. The molecule has 0 radical (unpaired) electrons. The quantitative estimate of drug-likeness (QED) is 0.847. The van der Waals surface area contributed by atoms with Crippen LogP contribution in [0.1, 0.15) is 43.0 Å². The van der Waals surface area contributed by atoms with E-state index in [4.69, 9.17) is 4.74 Å². The van der Waals surface area contributed by atoms with E-state index in [9.17, 15) is 4.79 Å². The predicted molar refractivity (Wildman–Crippen MR) is 92.6 cm³/mol. The van der Waals surface area contributed by atoms with Gasteiger partial charge in [-0.1, -0.05) is 30.3 Å². The SMILES string of the molecule is CCO[C@H](C(=O)N1CCC[C@H](n2cc(C)cn2)C1)c1ccccc1. The molecule has 0 saturated carbocycles. The number of likely N-dealkylation sites (tertiary alicyclic amines) is 1. The van der Waals surface area contributed by atoms with Crippen molar-refractivity contribution in [2.24, 2.45) is 0 Å². The van der Waals surface area contributed by atoms with Crippen molar-refractivity contribution in [3.8, 4) is 0 Å². The van der Waals surface area contributed by atoms with E-state index in [0.717, 1.165) is 30.5 Å². The van der Waals surface area contributed by atoms with Crippen LogP contribution in [0.5, 0.6) is 0 Å². The zero-order valence-electron chi connectivity index (χ0n) is 14.4. The second-order valence-electron chi connectivity index (χ2n) is 6.32. The summed E-state index contributed by atoms with van der Waals surface area (Å²) in [5, 5.41) is 4.42. The standard InChI is InChI=1S/C19H25N3O2/c1-3-24-18(16-8-5-4-6-9-16)19(23)21-11-7-10-17(14-21)22-13-15(2)12-20-22/h4-6,8-9,12-13,17-18H,3,7,10-11,14H2,1-2H3/t17-,18-/m0/s1. The number of amides is 1. The predicted octanol–water partition coefficient (Wildman–Crippen LogP) is 3.13. The highest BCUT2D eigenvalue weighted by Gasteiger charge is 2.31. The normalized spacial score (nSPS) is 19.2. The number of carbonyl (C=O) groups excluding carboxylic acids is 1. The maximum absolute atomic E-state index is 13.0. The van der Waals surface area contributed by atoms with Gasteiger partial charge in [-0.05, 0) is 37.8 Å². The van der Waals surface area contributed by atoms with Gasteiger partial charge in [0.05, 0.1) is 12.2 Å². The Kier molecular flexibility index (Phi) is 5.30. The Balaban J connectivity index is 1.74. The van der Waals surface area contributed by atoms with E-state index in [0.29, 0.717) is 13.2 Å². The van der Waals surface area contributed by atoms with Crippen molar-refractivity contribution in [3.63, 3.8) is 0 Å². The van der Waals surface area contributed by atoms with E-state index < -0.39 is 6.10 Å². The molecule has 2 heterocycles. The molecule has 1 amide bonds. The number of ether oxygens (including phenoxy) is 1. The van der Waals surface area contributed by atoms with E-state index in [1.54, 1.807) is 0 Å². The Labute approximate surface area is 143 Å². The third kappa shape index (κ3) is 3.67. The summed E-state index contributed by atoms with van der Waals surface area (Å²) in [6.45, 7) is 5.95. The highest BCUT2D eigenvalue weighted by molar-refractivity contribution is 5.82. The lowest BCUT2D eigenvalue weighted by Gasteiger charge is -2.35. The molecule has 0 spiro atoms. The smallest absolute Gasteiger partial charge is 0.256 e. The Hall–Kier alpha value is -2.14. The van der Waals surface area contributed by atoms with Crippen LogP contribution in [0.15, 0.2) is 42.7 Å². The number of benzene rings is 1. The molecule has 5 nitrogen and oxygen atoms in total. The van der Waals surface area contributed by atoms with Gasteiger partial charge >= 0.3 is 0 Å². The molecule has 2 aromatic rings. The Morgan fingerprint density at radius 3 is 2.83 bits per heavy atom. The van der Waals surface area contributed by atoms with Crippen molar-refractivity contribution in [1.29, 1.82) is 0 Å². The van der Waals surface area contributed by atoms with Crippen LogP contribution in [0.3, 0.4) is 0 Å². The molecular formula is C19H25N3O2. The summed E-state index contributed by atoms with van der Waals surface area (Å²) >= 11 is 0. The molecule has 1 saturated heterocycles. The van der Waals surface area contributed by atoms with Crippen molar-refractivity contribution < 1.29 is 9.53 Å². The van der Waals surface area contributed by atoms with Crippen LogP contribution >= 0.6 is 0 Å². The van der Waals surface area contributed by atoms with E-state index >= 15 is 0 Å². The third-order valence-corrected chi connectivity index (χ3v) is 4.47. The first-order chi connectivity index (χ1) is 11.7. The number of rotatable bonds is 5. The topological polar surface area (TPSA) is 47.4 Å². The van der Waals surface area contributed by atoms with Crippen LogP contribution in [0.25, 0.3) is 0 Å². The summed E-state index contributed by atoms with van der Waals surface area (Å²) in [7, 11) is 0. The number of hydrogen-bond donors (Lipinski definition) is 0. The molecule has 1 aliphatic heterocycles. The molecule has 3 rings (SSSR count).